The van der Waals surface area contributed by atoms with Crippen LogP contribution in [0.2, 0.25) is 0 Å². The molecule has 0 aliphatic heterocycles. The van der Waals surface area contributed by atoms with Crippen molar-refractivity contribution in [1.82, 2.24) is 5.32 Å². The minimum atomic E-state index is -0.0302. The molecule has 3 aromatic rings. The Kier molecular flexibility index (Phi) is 6.09. The highest BCUT2D eigenvalue weighted by Crippen LogP contribution is 2.26. The number of methoxy groups -OCH3 is 1. The monoisotopic (exact) mass is 376 g/mol. The van der Waals surface area contributed by atoms with E-state index < -0.39 is 0 Å². The van der Waals surface area contributed by atoms with Gasteiger partial charge >= 0.3 is 0 Å². The quantitative estimate of drug-likeness (QED) is 0.585. The van der Waals surface area contributed by atoms with Crippen molar-refractivity contribution in [2.24, 2.45) is 0 Å². The van der Waals surface area contributed by atoms with Crippen LogP contribution in [-0.4, -0.2) is 12.2 Å². The molecule has 138 valence electrons. The summed E-state index contributed by atoms with van der Waals surface area (Å²) in [7, 11) is 1.65. The van der Waals surface area contributed by atoms with E-state index in [1.807, 2.05) is 42.5 Å². The highest BCUT2D eigenvalue weighted by Gasteiger charge is 2.17. The minimum absolute atomic E-state index is 0.0302. The van der Waals surface area contributed by atoms with E-state index in [1.54, 1.807) is 7.11 Å². The molecular weight excluding hydrogens is 352 g/mol. The summed E-state index contributed by atoms with van der Waals surface area (Å²) in [6.07, 6.45) is 0. The zero-order valence-electron chi connectivity index (χ0n) is 15.8. The van der Waals surface area contributed by atoms with Crippen LogP contribution in [-0.2, 0) is 0 Å². The van der Waals surface area contributed by atoms with Crippen LogP contribution in [0.25, 0.3) is 0 Å². The fourth-order valence-electron chi connectivity index (χ4n) is 3.13. The summed E-state index contributed by atoms with van der Waals surface area (Å²) in [6, 6.07) is 24.6. The van der Waals surface area contributed by atoms with Gasteiger partial charge in [-0.3, -0.25) is 0 Å². The maximum Gasteiger partial charge on any atom is 0.171 e. The Hall–Kier alpha value is -2.85. The number of thiocarbonyl (C=S) groups is 1. The maximum atomic E-state index is 5.60. The smallest absolute Gasteiger partial charge is 0.171 e. The van der Waals surface area contributed by atoms with E-state index in [9.17, 15) is 0 Å². The van der Waals surface area contributed by atoms with E-state index in [-0.39, 0.29) is 6.04 Å². The lowest BCUT2D eigenvalue weighted by molar-refractivity contribution is 0.415. The lowest BCUT2D eigenvalue weighted by Gasteiger charge is -2.24. The second-order valence-corrected chi connectivity index (χ2v) is 6.94. The van der Waals surface area contributed by atoms with Gasteiger partial charge in [-0.1, -0.05) is 60.2 Å². The molecule has 0 heterocycles. The average molecular weight is 377 g/mol. The highest BCUT2D eigenvalue weighted by atomic mass is 32.1. The summed E-state index contributed by atoms with van der Waals surface area (Å²) in [5.74, 6) is 0.789. The lowest BCUT2D eigenvalue weighted by atomic mass is 9.94. The Labute approximate surface area is 166 Å². The lowest BCUT2D eigenvalue weighted by Crippen LogP contribution is -2.33. The summed E-state index contributed by atoms with van der Waals surface area (Å²) in [4.78, 5) is 0. The van der Waals surface area contributed by atoms with Gasteiger partial charge in [0.2, 0.25) is 0 Å². The van der Waals surface area contributed by atoms with Crippen LogP contribution < -0.4 is 15.4 Å². The Bertz CT molecular complexity index is 925. The zero-order valence-corrected chi connectivity index (χ0v) is 16.6. The molecule has 0 aliphatic carbocycles. The SMILES string of the molecule is COc1cccc(NC(=S)N[C@H](c2ccccc2)c2ccc(C)cc2C)c1. The van der Waals surface area contributed by atoms with Gasteiger partial charge in [0.05, 0.1) is 13.2 Å². The van der Waals surface area contributed by atoms with Crippen molar-refractivity contribution in [3.05, 3.63) is 95.1 Å². The van der Waals surface area contributed by atoms with Gasteiger partial charge in [-0.05, 0) is 54.9 Å². The molecule has 0 saturated heterocycles. The molecule has 0 aromatic heterocycles. The fraction of sp³-hybridized carbons (Fsp3) is 0.174. The van der Waals surface area contributed by atoms with Crippen molar-refractivity contribution in [3.63, 3.8) is 0 Å². The van der Waals surface area contributed by atoms with Crippen LogP contribution in [0.5, 0.6) is 5.75 Å². The van der Waals surface area contributed by atoms with Crippen molar-refractivity contribution in [3.8, 4) is 5.75 Å². The van der Waals surface area contributed by atoms with E-state index in [0.29, 0.717) is 5.11 Å². The van der Waals surface area contributed by atoms with Crippen LogP contribution in [0.1, 0.15) is 28.3 Å². The third kappa shape index (κ3) is 4.86. The summed E-state index contributed by atoms with van der Waals surface area (Å²) in [5, 5.41) is 7.30. The van der Waals surface area contributed by atoms with Gasteiger partial charge in [-0.15, -0.1) is 0 Å². The minimum Gasteiger partial charge on any atom is -0.497 e. The molecule has 1 atom stereocenters. The molecule has 0 amide bonds. The van der Waals surface area contributed by atoms with Gasteiger partial charge in [0.15, 0.2) is 5.11 Å². The summed E-state index contributed by atoms with van der Waals surface area (Å²) >= 11 is 5.60. The number of benzene rings is 3. The van der Waals surface area contributed by atoms with Crippen LogP contribution in [0.3, 0.4) is 0 Å². The number of nitrogens with one attached hydrogen (secondary N) is 2. The summed E-state index contributed by atoms with van der Waals surface area (Å²) in [6.45, 7) is 4.25. The van der Waals surface area contributed by atoms with Crippen LogP contribution in [0.15, 0.2) is 72.8 Å². The number of hydrogen-bond donors (Lipinski definition) is 2. The van der Waals surface area contributed by atoms with Gasteiger partial charge in [-0.2, -0.15) is 0 Å². The average Bonchev–Trinajstić information content (AvgIpc) is 2.67. The van der Waals surface area contributed by atoms with Gasteiger partial charge in [0.25, 0.3) is 0 Å². The maximum absolute atomic E-state index is 5.60. The molecule has 0 saturated carbocycles. The Morgan fingerprint density at radius 1 is 0.926 bits per heavy atom. The van der Waals surface area contributed by atoms with Crippen molar-refractivity contribution < 1.29 is 4.74 Å². The fourth-order valence-corrected chi connectivity index (χ4v) is 3.37. The largest absolute Gasteiger partial charge is 0.497 e. The topological polar surface area (TPSA) is 33.3 Å². The van der Waals surface area contributed by atoms with Crippen LogP contribution >= 0.6 is 12.2 Å². The molecule has 0 aliphatic rings. The van der Waals surface area contributed by atoms with Crippen molar-refractivity contribution in [2.75, 3.05) is 12.4 Å². The van der Waals surface area contributed by atoms with E-state index in [4.69, 9.17) is 17.0 Å². The summed E-state index contributed by atoms with van der Waals surface area (Å²) in [5.41, 5.74) is 5.75. The molecular formula is C23H24N2OS. The van der Waals surface area contributed by atoms with E-state index in [2.05, 4.69) is 54.8 Å². The number of anilines is 1. The van der Waals surface area contributed by atoms with E-state index in [0.717, 1.165) is 11.4 Å². The van der Waals surface area contributed by atoms with Crippen LogP contribution in [0, 0.1) is 13.8 Å². The van der Waals surface area contributed by atoms with E-state index in [1.165, 1.54) is 22.3 Å². The second-order valence-electron chi connectivity index (χ2n) is 6.53. The molecule has 4 heteroatoms. The Morgan fingerprint density at radius 3 is 2.41 bits per heavy atom. The first-order chi connectivity index (χ1) is 13.1. The van der Waals surface area contributed by atoms with Gasteiger partial charge in [-0.25, -0.2) is 0 Å². The number of rotatable bonds is 5. The summed E-state index contributed by atoms with van der Waals surface area (Å²) < 4.78 is 5.28. The predicted molar refractivity (Wildman–Crippen MR) is 117 cm³/mol. The molecule has 3 aromatic carbocycles. The molecule has 0 bridgehead atoms. The molecule has 3 nitrogen and oxygen atoms in total. The second kappa shape index (κ2) is 8.69. The standard InChI is InChI=1S/C23H24N2OS/c1-16-12-13-21(17(2)14-16)22(18-8-5-4-6-9-18)25-23(27)24-19-10-7-11-20(15-19)26-3/h4-15,22H,1-3H3,(H2,24,25,27)/t22-/m1/s1. The van der Waals surface area contributed by atoms with Gasteiger partial charge < -0.3 is 15.4 Å². The molecule has 27 heavy (non-hydrogen) atoms. The molecule has 2 N–H and O–H groups in total. The first kappa shape index (κ1) is 18.9. The molecule has 0 fully saturated rings. The molecule has 3 rings (SSSR count). The predicted octanol–water partition coefficient (Wildman–Crippen LogP) is 5.39. The van der Waals surface area contributed by atoms with E-state index >= 15 is 0 Å². The first-order valence-electron chi connectivity index (χ1n) is 8.90. The van der Waals surface area contributed by atoms with Crippen molar-refractivity contribution >= 4 is 23.0 Å². The van der Waals surface area contributed by atoms with Gasteiger partial charge in [0.1, 0.15) is 5.75 Å². The normalized spacial score (nSPS) is 11.5. The third-order valence-corrected chi connectivity index (χ3v) is 4.69. The number of hydrogen-bond acceptors (Lipinski definition) is 2. The molecule has 0 radical (unpaired) electrons. The number of ether oxygens (including phenoxy) is 1. The van der Waals surface area contributed by atoms with Gasteiger partial charge in [0, 0.05) is 11.8 Å². The van der Waals surface area contributed by atoms with Crippen LogP contribution in [0.4, 0.5) is 5.69 Å². The Balaban J connectivity index is 1.86. The zero-order chi connectivity index (χ0) is 19.2. The highest BCUT2D eigenvalue weighted by molar-refractivity contribution is 7.80. The first-order valence-corrected chi connectivity index (χ1v) is 9.31. The van der Waals surface area contributed by atoms with Crippen molar-refractivity contribution in [1.29, 1.82) is 0 Å². The number of aryl methyl sites for hydroxylation is 2. The Morgan fingerprint density at radius 2 is 1.70 bits per heavy atom. The third-order valence-electron chi connectivity index (χ3n) is 4.47. The van der Waals surface area contributed by atoms with Crippen molar-refractivity contribution in [2.45, 2.75) is 19.9 Å². The molecule has 0 unspecified atom stereocenters. The molecule has 0 spiro atoms.